The SMILES string of the molecule is N#Cc1cccc(NC(=O)c2cnn3cccnc23)c1. The summed E-state index contributed by atoms with van der Waals surface area (Å²) in [5.41, 5.74) is 1.92. The van der Waals surface area contributed by atoms with Gasteiger partial charge in [-0.1, -0.05) is 6.07 Å². The average Bonchev–Trinajstić information content (AvgIpc) is 2.91. The van der Waals surface area contributed by atoms with Gasteiger partial charge in [0.15, 0.2) is 5.65 Å². The third-order valence-corrected chi connectivity index (χ3v) is 2.77. The van der Waals surface area contributed by atoms with Crippen molar-refractivity contribution in [3.63, 3.8) is 0 Å². The second-order valence-electron chi connectivity index (χ2n) is 4.09. The maximum Gasteiger partial charge on any atom is 0.261 e. The highest BCUT2D eigenvalue weighted by atomic mass is 16.1. The number of carbonyl (C=O) groups is 1. The number of hydrogen-bond acceptors (Lipinski definition) is 4. The molecular formula is C14H9N5O. The number of nitrogens with one attached hydrogen (secondary N) is 1. The Hall–Kier alpha value is -3.20. The van der Waals surface area contributed by atoms with E-state index in [1.54, 1.807) is 42.7 Å². The van der Waals surface area contributed by atoms with E-state index in [2.05, 4.69) is 15.4 Å². The predicted molar refractivity (Wildman–Crippen MR) is 72.1 cm³/mol. The molecule has 1 N–H and O–H groups in total. The molecule has 0 atom stereocenters. The molecule has 3 aromatic rings. The first-order valence-electron chi connectivity index (χ1n) is 5.88. The molecular weight excluding hydrogens is 254 g/mol. The van der Waals surface area contributed by atoms with Crippen LogP contribution in [0.15, 0.2) is 48.9 Å². The van der Waals surface area contributed by atoms with E-state index in [9.17, 15) is 4.79 Å². The zero-order valence-electron chi connectivity index (χ0n) is 10.3. The van der Waals surface area contributed by atoms with Crippen molar-refractivity contribution in [2.45, 2.75) is 0 Å². The molecule has 6 heteroatoms. The van der Waals surface area contributed by atoms with E-state index < -0.39 is 0 Å². The summed E-state index contributed by atoms with van der Waals surface area (Å²) in [6, 6.07) is 10.5. The van der Waals surface area contributed by atoms with Crippen LogP contribution in [-0.4, -0.2) is 20.5 Å². The fourth-order valence-corrected chi connectivity index (χ4v) is 1.85. The molecule has 0 spiro atoms. The lowest BCUT2D eigenvalue weighted by molar-refractivity contribution is 0.102. The van der Waals surface area contributed by atoms with Gasteiger partial charge in [0, 0.05) is 18.1 Å². The van der Waals surface area contributed by atoms with Crippen LogP contribution in [0.25, 0.3) is 5.65 Å². The van der Waals surface area contributed by atoms with Gasteiger partial charge < -0.3 is 5.32 Å². The Labute approximate surface area is 114 Å². The molecule has 0 bridgehead atoms. The van der Waals surface area contributed by atoms with Gasteiger partial charge in [0.2, 0.25) is 0 Å². The number of benzene rings is 1. The van der Waals surface area contributed by atoms with Crippen molar-refractivity contribution in [2.75, 3.05) is 5.32 Å². The van der Waals surface area contributed by atoms with Crippen molar-refractivity contribution in [3.05, 3.63) is 60.0 Å². The Morgan fingerprint density at radius 1 is 1.35 bits per heavy atom. The summed E-state index contributed by atoms with van der Waals surface area (Å²) in [6.07, 6.45) is 4.78. The van der Waals surface area contributed by atoms with Crippen LogP contribution in [0.3, 0.4) is 0 Å². The van der Waals surface area contributed by atoms with E-state index in [0.717, 1.165) is 0 Å². The molecule has 0 aliphatic heterocycles. The minimum Gasteiger partial charge on any atom is -0.322 e. The van der Waals surface area contributed by atoms with Crippen LogP contribution in [0.5, 0.6) is 0 Å². The lowest BCUT2D eigenvalue weighted by atomic mass is 10.2. The number of hydrogen-bond donors (Lipinski definition) is 1. The van der Waals surface area contributed by atoms with Crippen LogP contribution >= 0.6 is 0 Å². The number of carbonyl (C=O) groups excluding carboxylic acids is 1. The molecule has 0 aliphatic rings. The zero-order valence-corrected chi connectivity index (χ0v) is 10.3. The second-order valence-corrected chi connectivity index (χ2v) is 4.09. The number of anilines is 1. The van der Waals surface area contributed by atoms with E-state index >= 15 is 0 Å². The van der Waals surface area contributed by atoms with Crippen molar-refractivity contribution < 1.29 is 4.79 Å². The first kappa shape index (κ1) is 11.9. The van der Waals surface area contributed by atoms with Gasteiger partial charge in [0.05, 0.1) is 17.8 Å². The number of fused-ring (bicyclic) bond motifs is 1. The lowest BCUT2D eigenvalue weighted by Gasteiger charge is -2.03. The van der Waals surface area contributed by atoms with Crippen LogP contribution in [0.4, 0.5) is 5.69 Å². The van der Waals surface area contributed by atoms with E-state index in [0.29, 0.717) is 22.5 Å². The fourth-order valence-electron chi connectivity index (χ4n) is 1.85. The summed E-state index contributed by atoms with van der Waals surface area (Å²) in [5.74, 6) is -0.311. The highest BCUT2D eigenvalue weighted by molar-refractivity contribution is 6.08. The smallest absolute Gasteiger partial charge is 0.261 e. The molecule has 1 aromatic carbocycles. The molecule has 0 radical (unpaired) electrons. The minimum absolute atomic E-state index is 0.311. The molecule has 3 rings (SSSR count). The summed E-state index contributed by atoms with van der Waals surface area (Å²) in [7, 11) is 0. The second kappa shape index (κ2) is 4.82. The molecule has 0 saturated carbocycles. The Morgan fingerprint density at radius 2 is 2.25 bits per heavy atom. The molecule has 2 heterocycles. The van der Waals surface area contributed by atoms with E-state index in [-0.39, 0.29) is 5.91 Å². The molecule has 0 saturated heterocycles. The molecule has 96 valence electrons. The van der Waals surface area contributed by atoms with Gasteiger partial charge in [-0.2, -0.15) is 10.4 Å². The number of amides is 1. The summed E-state index contributed by atoms with van der Waals surface area (Å²) in [6.45, 7) is 0. The van der Waals surface area contributed by atoms with Gasteiger partial charge in [0.1, 0.15) is 5.56 Å². The van der Waals surface area contributed by atoms with Crippen molar-refractivity contribution in [1.29, 1.82) is 5.26 Å². The normalized spacial score (nSPS) is 10.2. The maximum atomic E-state index is 12.2. The first-order valence-corrected chi connectivity index (χ1v) is 5.88. The van der Waals surface area contributed by atoms with Gasteiger partial charge in [-0.05, 0) is 24.3 Å². The lowest BCUT2D eigenvalue weighted by Crippen LogP contribution is -2.12. The molecule has 2 aromatic heterocycles. The monoisotopic (exact) mass is 263 g/mol. The highest BCUT2D eigenvalue weighted by Crippen LogP contribution is 2.13. The van der Waals surface area contributed by atoms with Gasteiger partial charge in [-0.3, -0.25) is 4.79 Å². The van der Waals surface area contributed by atoms with Crippen molar-refractivity contribution in [3.8, 4) is 6.07 Å². The minimum atomic E-state index is -0.311. The summed E-state index contributed by atoms with van der Waals surface area (Å²) in [5, 5.41) is 15.6. The van der Waals surface area contributed by atoms with E-state index in [1.807, 2.05) is 6.07 Å². The number of nitrogens with zero attached hydrogens (tertiary/aromatic N) is 4. The van der Waals surface area contributed by atoms with E-state index in [4.69, 9.17) is 5.26 Å². The molecule has 0 aliphatic carbocycles. The third-order valence-electron chi connectivity index (χ3n) is 2.77. The van der Waals surface area contributed by atoms with Gasteiger partial charge in [-0.25, -0.2) is 9.50 Å². The van der Waals surface area contributed by atoms with Gasteiger partial charge in [-0.15, -0.1) is 0 Å². The molecule has 6 nitrogen and oxygen atoms in total. The molecule has 20 heavy (non-hydrogen) atoms. The number of nitriles is 1. The van der Waals surface area contributed by atoms with Crippen LogP contribution in [-0.2, 0) is 0 Å². The quantitative estimate of drug-likeness (QED) is 0.764. The Bertz CT molecular complexity index is 831. The van der Waals surface area contributed by atoms with Crippen LogP contribution < -0.4 is 5.32 Å². The molecule has 0 fully saturated rings. The highest BCUT2D eigenvalue weighted by Gasteiger charge is 2.13. The number of rotatable bonds is 2. The largest absolute Gasteiger partial charge is 0.322 e. The standard InChI is InChI=1S/C14H9N5O/c15-8-10-3-1-4-11(7-10)18-14(20)12-9-17-19-6-2-5-16-13(12)19/h1-7,9H,(H,18,20). The predicted octanol–water partition coefficient (Wildman–Crippen LogP) is 1.85. The first-order chi connectivity index (χ1) is 9.78. The Kier molecular flexibility index (Phi) is 2.86. The number of aromatic nitrogens is 3. The van der Waals surface area contributed by atoms with Crippen molar-refractivity contribution in [1.82, 2.24) is 14.6 Å². The van der Waals surface area contributed by atoms with Crippen LogP contribution in [0, 0.1) is 11.3 Å². The van der Waals surface area contributed by atoms with Gasteiger partial charge in [0.25, 0.3) is 5.91 Å². The summed E-state index contributed by atoms with van der Waals surface area (Å²) < 4.78 is 1.53. The Balaban J connectivity index is 1.91. The maximum absolute atomic E-state index is 12.2. The Morgan fingerprint density at radius 3 is 3.10 bits per heavy atom. The topological polar surface area (TPSA) is 83.1 Å². The summed E-state index contributed by atoms with van der Waals surface area (Å²) in [4.78, 5) is 16.3. The van der Waals surface area contributed by atoms with Crippen molar-refractivity contribution in [2.24, 2.45) is 0 Å². The van der Waals surface area contributed by atoms with E-state index in [1.165, 1.54) is 10.7 Å². The summed E-state index contributed by atoms with van der Waals surface area (Å²) >= 11 is 0. The van der Waals surface area contributed by atoms with Crippen molar-refractivity contribution >= 4 is 17.2 Å². The van der Waals surface area contributed by atoms with Crippen LogP contribution in [0.1, 0.15) is 15.9 Å². The fraction of sp³-hybridized carbons (Fsp3) is 0. The third kappa shape index (κ3) is 2.08. The average molecular weight is 263 g/mol. The van der Waals surface area contributed by atoms with Crippen LogP contribution in [0.2, 0.25) is 0 Å². The zero-order chi connectivity index (χ0) is 13.9. The molecule has 1 amide bonds. The molecule has 0 unspecified atom stereocenters. The van der Waals surface area contributed by atoms with Gasteiger partial charge >= 0.3 is 0 Å².